The van der Waals surface area contributed by atoms with Crippen LogP contribution in [0.5, 0.6) is 0 Å². The van der Waals surface area contributed by atoms with Gasteiger partial charge in [0, 0.05) is 0 Å². The minimum atomic E-state index is -4.96. The Bertz CT molecular complexity index is 1110. The van der Waals surface area contributed by atoms with E-state index in [1.54, 1.807) is 0 Å². The van der Waals surface area contributed by atoms with Crippen molar-refractivity contribution in [3.63, 3.8) is 0 Å². The first kappa shape index (κ1) is 30.7. The van der Waals surface area contributed by atoms with Crippen LogP contribution in [0.4, 0.5) is 26.3 Å². The number of nitrogens with two attached hydrogens (primary N) is 1. The molecule has 0 radical (unpaired) electrons. The van der Waals surface area contributed by atoms with Crippen LogP contribution in [0.2, 0.25) is 15.1 Å². The van der Waals surface area contributed by atoms with E-state index in [2.05, 4.69) is 0 Å². The van der Waals surface area contributed by atoms with Gasteiger partial charge in [0.1, 0.15) is 0 Å². The van der Waals surface area contributed by atoms with Gasteiger partial charge in [-0.3, -0.25) is 4.79 Å². The van der Waals surface area contributed by atoms with Gasteiger partial charge in [0.2, 0.25) is 5.91 Å². The zero-order chi connectivity index (χ0) is 27.4. The molecule has 2 nitrogen and oxygen atoms in total. The van der Waals surface area contributed by atoms with E-state index in [-0.39, 0.29) is 37.5 Å². The molecule has 198 valence electrons. The number of rotatable bonds is 9. The molecule has 12 heteroatoms. The number of carbonyl (C=O) groups excluding carboxylic acids is 1. The van der Waals surface area contributed by atoms with Gasteiger partial charge in [-0.05, 0) is 58.7 Å². The predicted molar refractivity (Wildman–Crippen MR) is 135 cm³/mol. The quantitative estimate of drug-likeness (QED) is 0.179. The molecule has 0 aliphatic rings. The number of allylic oxidation sites excluding steroid dienone is 1. The summed E-state index contributed by atoms with van der Waals surface area (Å²) in [6, 6.07) is 4.04. The lowest BCUT2D eigenvalue weighted by molar-refractivity contribution is -0.140. The Balaban J connectivity index is 2.73. The minimum Gasteiger partial charge on any atom is -0.366 e. The molecule has 0 saturated heterocycles. The molecule has 0 aliphatic carbocycles. The molecule has 0 bridgehead atoms. The highest BCUT2D eigenvalue weighted by molar-refractivity contribution is 7.99. The third kappa shape index (κ3) is 7.49. The Morgan fingerprint density at radius 2 is 1.67 bits per heavy atom. The van der Waals surface area contributed by atoms with Gasteiger partial charge in [-0.2, -0.15) is 38.1 Å². The van der Waals surface area contributed by atoms with Gasteiger partial charge >= 0.3 is 12.4 Å². The van der Waals surface area contributed by atoms with Crippen LogP contribution in [0, 0.1) is 0 Å². The van der Waals surface area contributed by atoms with Gasteiger partial charge < -0.3 is 5.73 Å². The SMILES string of the molecule is CCCSC[C@H](C)c1c(/C=C/C(c2cc(Cl)c(Cl)c(Cl)c2)C(F)(F)F)ccc(C(N)=O)c1C(F)(F)F. The van der Waals surface area contributed by atoms with Crippen molar-refractivity contribution < 1.29 is 31.1 Å². The van der Waals surface area contributed by atoms with Crippen LogP contribution in [0.1, 0.15) is 64.7 Å². The summed E-state index contributed by atoms with van der Waals surface area (Å²) in [7, 11) is 0. The standard InChI is InChI=1S/C24H22Cl3F6NOS/c1-3-8-36-11-12(2)19-13(4-6-15(22(34)35)20(19)24(31,32)33)5-7-16(23(28,29)30)14-9-17(25)21(27)18(26)10-14/h4-7,9-10,12,16H,3,8,11H2,1-2H3,(H2,34,35)/b7-5+/t12-,16?/m0/s1. The summed E-state index contributed by atoms with van der Waals surface area (Å²) in [6.07, 6.45) is -7.31. The van der Waals surface area contributed by atoms with Gasteiger partial charge in [0.05, 0.1) is 32.1 Å². The molecule has 2 rings (SSSR count). The lowest BCUT2D eigenvalue weighted by Crippen LogP contribution is -2.23. The Morgan fingerprint density at radius 1 is 1.08 bits per heavy atom. The summed E-state index contributed by atoms with van der Waals surface area (Å²) in [5, 5.41) is -0.520. The number of carbonyl (C=O) groups is 1. The van der Waals surface area contributed by atoms with Crippen molar-refractivity contribution in [1.29, 1.82) is 0 Å². The normalized spacial score (nSPS) is 14.3. The van der Waals surface area contributed by atoms with E-state index in [0.29, 0.717) is 5.75 Å². The highest BCUT2D eigenvalue weighted by Crippen LogP contribution is 2.43. The fourth-order valence-corrected chi connectivity index (χ4v) is 5.26. The smallest absolute Gasteiger partial charge is 0.366 e. The van der Waals surface area contributed by atoms with Crippen molar-refractivity contribution in [3.8, 4) is 0 Å². The average molecular weight is 593 g/mol. The summed E-state index contributed by atoms with van der Waals surface area (Å²) >= 11 is 19.0. The van der Waals surface area contributed by atoms with E-state index >= 15 is 0 Å². The lowest BCUT2D eigenvalue weighted by Gasteiger charge is -2.23. The third-order valence-electron chi connectivity index (χ3n) is 5.22. The maximum Gasteiger partial charge on any atom is 0.417 e. The summed E-state index contributed by atoms with van der Waals surface area (Å²) < 4.78 is 84.2. The second-order valence-corrected chi connectivity index (χ2v) is 10.3. The van der Waals surface area contributed by atoms with Crippen LogP contribution in [0.3, 0.4) is 0 Å². The van der Waals surface area contributed by atoms with Crippen molar-refractivity contribution in [2.24, 2.45) is 5.73 Å². The van der Waals surface area contributed by atoms with Crippen LogP contribution >= 0.6 is 46.6 Å². The summed E-state index contributed by atoms with van der Waals surface area (Å²) in [4.78, 5) is 11.8. The predicted octanol–water partition coefficient (Wildman–Crippen LogP) is 9.37. The number of thioether (sulfide) groups is 1. The van der Waals surface area contributed by atoms with Crippen molar-refractivity contribution >= 4 is 58.5 Å². The number of halogens is 9. The highest BCUT2D eigenvalue weighted by Gasteiger charge is 2.41. The lowest BCUT2D eigenvalue weighted by atomic mass is 9.87. The molecule has 1 unspecified atom stereocenters. The van der Waals surface area contributed by atoms with Crippen LogP contribution in [0.25, 0.3) is 6.08 Å². The monoisotopic (exact) mass is 591 g/mol. The van der Waals surface area contributed by atoms with E-state index in [0.717, 1.165) is 42.8 Å². The number of benzene rings is 2. The van der Waals surface area contributed by atoms with Gasteiger partial charge in [-0.15, -0.1) is 0 Å². The van der Waals surface area contributed by atoms with E-state index in [4.69, 9.17) is 40.5 Å². The molecule has 0 saturated carbocycles. The van der Waals surface area contributed by atoms with Crippen LogP contribution in [0.15, 0.2) is 30.3 Å². The Morgan fingerprint density at radius 3 is 2.14 bits per heavy atom. The summed E-state index contributed by atoms with van der Waals surface area (Å²) in [5.74, 6) is -3.34. The fraction of sp³-hybridized carbons (Fsp3) is 0.375. The molecule has 2 N–H and O–H groups in total. The highest BCUT2D eigenvalue weighted by atomic mass is 35.5. The van der Waals surface area contributed by atoms with Crippen molar-refractivity contribution in [3.05, 3.63) is 73.2 Å². The largest absolute Gasteiger partial charge is 0.417 e. The van der Waals surface area contributed by atoms with Crippen molar-refractivity contribution in [2.45, 2.75) is 44.5 Å². The topological polar surface area (TPSA) is 43.1 Å². The maximum absolute atomic E-state index is 14.1. The minimum absolute atomic E-state index is 0.114. The van der Waals surface area contributed by atoms with Crippen molar-refractivity contribution in [1.82, 2.24) is 0 Å². The fourth-order valence-electron chi connectivity index (χ4n) is 3.67. The first-order valence-electron chi connectivity index (χ1n) is 10.6. The van der Waals surface area contributed by atoms with E-state index < -0.39 is 41.2 Å². The van der Waals surface area contributed by atoms with E-state index in [1.807, 2.05) is 6.92 Å². The number of hydrogen-bond acceptors (Lipinski definition) is 2. The molecule has 0 aromatic heterocycles. The summed E-state index contributed by atoms with van der Waals surface area (Å²) in [6.45, 7) is 3.43. The average Bonchev–Trinajstić information content (AvgIpc) is 2.75. The molecule has 2 atom stereocenters. The molecule has 0 heterocycles. The molecular formula is C24H22Cl3F6NOS. The van der Waals surface area contributed by atoms with Gasteiger partial charge in [0.25, 0.3) is 0 Å². The number of primary amides is 1. The zero-order valence-corrected chi connectivity index (χ0v) is 22.1. The van der Waals surface area contributed by atoms with Crippen LogP contribution < -0.4 is 5.73 Å². The Kier molecular flexibility index (Phi) is 10.5. The number of alkyl halides is 6. The second kappa shape index (κ2) is 12.3. The molecule has 2 aromatic carbocycles. The molecule has 1 amide bonds. The van der Waals surface area contributed by atoms with Gasteiger partial charge in [0.15, 0.2) is 0 Å². The second-order valence-electron chi connectivity index (χ2n) is 8.01. The molecule has 0 fully saturated rings. The van der Waals surface area contributed by atoms with Gasteiger partial charge in [-0.1, -0.05) is 66.9 Å². The Hall–Kier alpha value is -1.55. The molecule has 0 aliphatic heterocycles. The third-order valence-corrected chi connectivity index (χ3v) is 7.85. The van der Waals surface area contributed by atoms with E-state index in [9.17, 15) is 31.1 Å². The number of hydrogen-bond donors (Lipinski definition) is 1. The first-order valence-corrected chi connectivity index (χ1v) is 12.9. The maximum atomic E-state index is 14.1. The van der Waals surface area contributed by atoms with Crippen LogP contribution in [-0.4, -0.2) is 23.6 Å². The summed E-state index contributed by atoms with van der Waals surface area (Å²) in [5.41, 5.74) is 2.46. The molecule has 2 aromatic rings. The molecule has 0 spiro atoms. The van der Waals surface area contributed by atoms with Crippen LogP contribution in [-0.2, 0) is 6.18 Å². The molecule has 36 heavy (non-hydrogen) atoms. The van der Waals surface area contributed by atoms with Crippen molar-refractivity contribution in [2.75, 3.05) is 11.5 Å². The first-order chi connectivity index (χ1) is 16.6. The Labute approximate surface area is 224 Å². The zero-order valence-electron chi connectivity index (χ0n) is 19.0. The van der Waals surface area contributed by atoms with Gasteiger partial charge in [-0.25, -0.2) is 0 Å². The van der Waals surface area contributed by atoms with E-state index in [1.165, 1.54) is 18.7 Å². The molecular weight excluding hydrogens is 571 g/mol. The number of amides is 1.